The van der Waals surface area contributed by atoms with Crippen LogP contribution in [0.25, 0.3) is 0 Å². The molecule has 6 N–H and O–H groups in total. The van der Waals surface area contributed by atoms with E-state index in [0.717, 1.165) is 0 Å². The van der Waals surface area contributed by atoms with Gasteiger partial charge in [0.05, 0.1) is 11.3 Å². The summed E-state index contributed by atoms with van der Waals surface area (Å²) >= 11 is 0. The molecule has 0 aliphatic carbocycles. The van der Waals surface area contributed by atoms with Gasteiger partial charge >= 0.3 is 5.97 Å². The zero-order valence-electron chi connectivity index (χ0n) is 11.5. The van der Waals surface area contributed by atoms with Gasteiger partial charge in [-0.25, -0.2) is 9.79 Å². The van der Waals surface area contributed by atoms with Crippen LogP contribution in [0.1, 0.15) is 12.0 Å². The number of benzene rings is 1. The van der Waals surface area contributed by atoms with E-state index in [2.05, 4.69) is 4.99 Å². The number of hydrogen-bond donors (Lipinski definition) is 3. The van der Waals surface area contributed by atoms with E-state index in [1.165, 1.54) is 24.3 Å². The van der Waals surface area contributed by atoms with E-state index in [1.807, 2.05) is 0 Å². The quantitative estimate of drug-likeness (QED) is 0.193. The first-order chi connectivity index (χ1) is 10.3. The maximum absolute atomic E-state index is 11.8. The largest absolute Gasteiger partial charge is 0.459 e. The molecule has 1 rings (SSSR count). The number of carbonyl (C=O) groups excluding carboxylic acids is 2. The Morgan fingerprint density at radius 2 is 1.82 bits per heavy atom. The van der Waals surface area contributed by atoms with Gasteiger partial charge in [-0.2, -0.15) is 0 Å². The van der Waals surface area contributed by atoms with Gasteiger partial charge in [-0.15, -0.1) is 0 Å². The van der Waals surface area contributed by atoms with E-state index in [-0.39, 0.29) is 18.3 Å². The fraction of sp³-hybridized carbons (Fsp3) is 0.250. The van der Waals surface area contributed by atoms with Gasteiger partial charge in [0.15, 0.2) is 12.0 Å². The highest BCUT2D eigenvalue weighted by molar-refractivity contribution is 5.87. The second-order valence-electron chi connectivity index (χ2n) is 4.27. The monoisotopic (exact) mass is 309 g/mol. The van der Waals surface area contributed by atoms with Crippen molar-refractivity contribution in [1.29, 1.82) is 0 Å². The van der Waals surface area contributed by atoms with Crippen LogP contribution in [0.3, 0.4) is 0 Å². The summed E-state index contributed by atoms with van der Waals surface area (Å²) in [5.41, 5.74) is 15.8. The molecule has 0 saturated heterocycles. The van der Waals surface area contributed by atoms with Gasteiger partial charge in [0.1, 0.15) is 6.61 Å². The first-order valence-corrected chi connectivity index (χ1v) is 6.06. The number of esters is 1. The lowest BCUT2D eigenvalue weighted by Crippen LogP contribution is -2.33. The summed E-state index contributed by atoms with van der Waals surface area (Å²) in [5, 5.41) is 10.5. The summed E-state index contributed by atoms with van der Waals surface area (Å²) in [6, 6.07) is 4.21. The average Bonchev–Trinajstić information content (AvgIpc) is 2.43. The molecule has 0 aromatic heterocycles. The molecule has 1 aromatic carbocycles. The number of nitrogens with zero attached hydrogens (tertiary/aromatic N) is 2. The van der Waals surface area contributed by atoms with Crippen molar-refractivity contribution in [2.24, 2.45) is 22.2 Å². The van der Waals surface area contributed by atoms with Gasteiger partial charge in [0.25, 0.3) is 5.69 Å². The summed E-state index contributed by atoms with van der Waals surface area (Å²) in [6.45, 7) is -0.147. The molecule has 0 saturated carbocycles. The van der Waals surface area contributed by atoms with Crippen molar-refractivity contribution in [2.45, 2.75) is 19.1 Å². The van der Waals surface area contributed by atoms with Crippen molar-refractivity contribution in [3.63, 3.8) is 0 Å². The molecule has 10 heteroatoms. The van der Waals surface area contributed by atoms with Gasteiger partial charge in [0.2, 0.25) is 5.91 Å². The Morgan fingerprint density at radius 3 is 2.27 bits per heavy atom. The first kappa shape index (κ1) is 16.9. The molecule has 22 heavy (non-hydrogen) atoms. The molecule has 0 aliphatic heterocycles. The lowest BCUT2D eigenvalue weighted by molar-refractivity contribution is -0.384. The number of hydrogen-bond acceptors (Lipinski definition) is 6. The van der Waals surface area contributed by atoms with Crippen LogP contribution < -0.4 is 17.2 Å². The normalized spacial score (nSPS) is 11.3. The zero-order chi connectivity index (χ0) is 16.7. The molecule has 0 bridgehead atoms. The van der Waals surface area contributed by atoms with Crippen molar-refractivity contribution >= 4 is 23.5 Å². The molecule has 1 amide bonds. The highest BCUT2D eigenvalue weighted by Gasteiger charge is 2.22. The lowest BCUT2D eigenvalue weighted by atomic mass is 10.2. The molecule has 0 heterocycles. The summed E-state index contributed by atoms with van der Waals surface area (Å²) in [5.74, 6) is -1.97. The topological polar surface area (TPSA) is 177 Å². The molecule has 0 aliphatic rings. The number of rotatable bonds is 7. The van der Waals surface area contributed by atoms with E-state index in [9.17, 15) is 19.7 Å². The van der Waals surface area contributed by atoms with E-state index in [4.69, 9.17) is 21.9 Å². The number of carbonyl (C=O) groups is 2. The molecule has 1 atom stereocenters. The summed E-state index contributed by atoms with van der Waals surface area (Å²) in [7, 11) is 0. The number of amides is 1. The number of guanidine groups is 1. The minimum absolute atomic E-state index is 0.0813. The molecule has 1 aromatic rings. The Morgan fingerprint density at radius 1 is 1.23 bits per heavy atom. The SMILES string of the molecule is NC(=O)CC(N=C(N)N)C(=O)OCc1ccc([N+](=O)[O-])cc1. The van der Waals surface area contributed by atoms with Crippen molar-refractivity contribution in [2.75, 3.05) is 0 Å². The summed E-state index contributed by atoms with van der Waals surface area (Å²) in [6.07, 6.45) is -0.392. The zero-order valence-corrected chi connectivity index (χ0v) is 11.5. The molecular weight excluding hydrogens is 294 g/mol. The molecule has 10 nitrogen and oxygen atoms in total. The number of primary amides is 1. The lowest BCUT2D eigenvalue weighted by Gasteiger charge is -2.11. The fourth-order valence-electron chi connectivity index (χ4n) is 1.52. The van der Waals surface area contributed by atoms with Crippen LogP contribution in [0.4, 0.5) is 5.69 Å². The maximum atomic E-state index is 11.8. The van der Waals surface area contributed by atoms with Crippen molar-refractivity contribution in [3.8, 4) is 0 Å². The first-order valence-electron chi connectivity index (χ1n) is 6.06. The molecule has 1 unspecified atom stereocenters. The van der Waals surface area contributed by atoms with Crippen molar-refractivity contribution in [3.05, 3.63) is 39.9 Å². The Labute approximate surface area is 125 Å². The van der Waals surface area contributed by atoms with E-state index >= 15 is 0 Å². The van der Waals surface area contributed by atoms with Gasteiger partial charge in [-0.1, -0.05) is 0 Å². The standard InChI is InChI=1S/C12H15N5O5/c13-10(18)5-9(16-12(14)15)11(19)22-6-7-1-3-8(4-2-7)17(20)21/h1-4,9H,5-6H2,(H2,13,18)(H4,14,15,16). The maximum Gasteiger partial charge on any atom is 0.331 e. The average molecular weight is 309 g/mol. The molecule has 118 valence electrons. The summed E-state index contributed by atoms with van der Waals surface area (Å²) < 4.78 is 4.96. The second-order valence-corrected chi connectivity index (χ2v) is 4.27. The van der Waals surface area contributed by atoms with Gasteiger partial charge < -0.3 is 21.9 Å². The number of nitro benzene ring substituents is 1. The van der Waals surface area contributed by atoms with Crippen molar-refractivity contribution in [1.82, 2.24) is 0 Å². The Kier molecular flexibility index (Phi) is 5.81. The number of nitro groups is 1. The van der Waals surface area contributed by atoms with Crippen LogP contribution in [0, 0.1) is 10.1 Å². The van der Waals surface area contributed by atoms with Gasteiger partial charge in [-0.3, -0.25) is 14.9 Å². The molecule has 0 fully saturated rings. The van der Waals surface area contributed by atoms with Crippen LogP contribution in [-0.2, 0) is 20.9 Å². The predicted octanol–water partition coefficient (Wildman–Crippen LogP) is -0.845. The molecule has 0 radical (unpaired) electrons. The Bertz CT molecular complexity index is 594. The number of non-ortho nitro benzene ring substituents is 1. The fourth-order valence-corrected chi connectivity index (χ4v) is 1.52. The second kappa shape index (κ2) is 7.57. The number of ether oxygens (including phenoxy) is 1. The van der Waals surface area contributed by atoms with E-state index in [0.29, 0.717) is 5.56 Å². The van der Waals surface area contributed by atoms with Crippen molar-refractivity contribution < 1.29 is 19.2 Å². The van der Waals surface area contributed by atoms with Gasteiger partial charge in [0, 0.05) is 12.1 Å². The molecular formula is C12H15N5O5. The van der Waals surface area contributed by atoms with Crippen LogP contribution in [-0.4, -0.2) is 28.8 Å². The Balaban J connectivity index is 2.67. The van der Waals surface area contributed by atoms with Crippen LogP contribution in [0.15, 0.2) is 29.3 Å². The minimum atomic E-state index is -1.22. The third-order valence-electron chi connectivity index (χ3n) is 2.50. The smallest absolute Gasteiger partial charge is 0.331 e. The predicted molar refractivity (Wildman–Crippen MR) is 76.3 cm³/mol. The third-order valence-corrected chi connectivity index (χ3v) is 2.50. The molecule has 0 spiro atoms. The van der Waals surface area contributed by atoms with Crippen LogP contribution in [0.5, 0.6) is 0 Å². The van der Waals surface area contributed by atoms with E-state index in [1.54, 1.807) is 0 Å². The van der Waals surface area contributed by atoms with Crippen LogP contribution >= 0.6 is 0 Å². The third kappa shape index (κ3) is 5.45. The summed E-state index contributed by atoms with van der Waals surface area (Å²) in [4.78, 5) is 36.2. The highest BCUT2D eigenvalue weighted by Crippen LogP contribution is 2.13. The highest BCUT2D eigenvalue weighted by atomic mass is 16.6. The van der Waals surface area contributed by atoms with Gasteiger partial charge in [-0.05, 0) is 17.7 Å². The number of nitrogens with two attached hydrogens (primary N) is 3. The van der Waals surface area contributed by atoms with E-state index < -0.39 is 29.3 Å². The minimum Gasteiger partial charge on any atom is -0.459 e. The number of aliphatic imine (C=N–C) groups is 1. The Hall–Kier alpha value is -3.17. The van der Waals surface area contributed by atoms with Crippen LogP contribution in [0.2, 0.25) is 0 Å².